The van der Waals surface area contributed by atoms with E-state index < -0.39 is 10.0 Å². The highest BCUT2D eigenvalue weighted by Crippen LogP contribution is 2.36. The van der Waals surface area contributed by atoms with Gasteiger partial charge in [-0.25, -0.2) is 18.1 Å². The van der Waals surface area contributed by atoms with Gasteiger partial charge in [0.25, 0.3) is 0 Å². The molecule has 0 saturated carbocycles. The molecule has 3 heterocycles. The summed E-state index contributed by atoms with van der Waals surface area (Å²) in [6.45, 7) is 11.9. The molecule has 0 unspecified atom stereocenters. The first-order valence-corrected chi connectivity index (χ1v) is 12.6. The molecule has 3 rings (SSSR count). The lowest BCUT2D eigenvalue weighted by Gasteiger charge is -2.30. The Balaban J connectivity index is 1.59. The summed E-state index contributed by atoms with van der Waals surface area (Å²) in [5.74, 6) is 0.750. The van der Waals surface area contributed by atoms with Crippen LogP contribution in [-0.2, 0) is 10.0 Å². The zero-order valence-corrected chi connectivity index (χ0v) is 19.0. The summed E-state index contributed by atoms with van der Waals surface area (Å²) in [7, 11) is -3.48. The van der Waals surface area contributed by atoms with Crippen molar-refractivity contribution < 1.29 is 8.42 Å². The monoisotopic (exact) mass is 427 g/mol. The van der Waals surface area contributed by atoms with E-state index in [0.717, 1.165) is 52.4 Å². The third kappa shape index (κ3) is 5.17. The van der Waals surface area contributed by atoms with E-state index in [9.17, 15) is 8.42 Å². The van der Waals surface area contributed by atoms with Crippen LogP contribution in [-0.4, -0.2) is 44.5 Å². The number of rotatable bonds is 7. The van der Waals surface area contributed by atoms with Gasteiger partial charge in [0.2, 0.25) is 10.0 Å². The molecule has 2 aromatic rings. The Morgan fingerprint density at radius 1 is 1.26 bits per heavy atom. The summed E-state index contributed by atoms with van der Waals surface area (Å²) < 4.78 is 28.3. The third-order valence-electron chi connectivity index (χ3n) is 5.09. The maximum Gasteiger partial charge on any atom is 0.241 e. The van der Waals surface area contributed by atoms with Gasteiger partial charge in [0.15, 0.2) is 0 Å². The fourth-order valence-electron chi connectivity index (χ4n) is 3.49. The van der Waals surface area contributed by atoms with Crippen LogP contribution in [0.15, 0.2) is 11.0 Å². The van der Waals surface area contributed by atoms with Crippen LogP contribution in [0.1, 0.15) is 41.6 Å². The van der Waals surface area contributed by atoms with Crippen LogP contribution >= 0.6 is 22.7 Å². The van der Waals surface area contributed by atoms with Crippen molar-refractivity contribution in [2.45, 2.75) is 51.9 Å². The number of nitrogens with zero attached hydrogens (tertiary/aromatic N) is 2. The van der Waals surface area contributed by atoms with Gasteiger partial charge < -0.3 is 4.90 Å². The molecule has 5 nitrogen and oxygen atoms in total. The Kier molecular flexibility index (Phi) is 6.74. The second kappa shape index (κ2) is 8.69. The first-order valence-electron chi connectivity index (χ1n) is 9.53. The van der Waals surface area contributed by atoms with Gasteiger partial charge in [-0.3, -0.25) is 0 Å². The molecule has 0 amide bonds. The van der Waals surface area contributed by atoms with E-state index in [1.54, 1.807) is 17.4 Å². The molecule has 1 saturated heterocycles. The number of sulfonamides is 1. The molecule has 1 aliphatic rings. The van der Waals surface area contributed by atoms with Crippen LogP contribution in [0.5, 0.6) is 0 Å². The van der Waals surface area contributed by atoms with Gasteiger partial charge in [0.05, 0.1) is 15.5 Å². The average molecular weight is 428 g/mol. The minimum absolute atomic E-state index is 0.389. The molecule has 8 heteroatoms. The van der Waals surface area contributed by atoms with Crippen LogP contribution < -0.4 is 4.72 Å². The number of nitrogens with one attached hydrogen (secondary N) is 1. The molecule has 1 aliphatic heterocycles. The van der Waals surface area contributed by atoms with Crippen molar-refractivity contribution in [1.29, 1.82) is 0 Å². The first kappa shape index (κ1) is 20.9. The standard InChI is InChI=1S/C19H29N3O2S3/c1-13-7-5-9-22(12-13)10-6-8-20-27(23,24)18-11-17(25-16(18)4)19-21-14(2)15(3)26-19/h11,13,20H,5-10,12H2,1-4H3/t13-/m1/s1. The number of aromatic nitrogens is 1. The Morgan fingerprint density at radius 3 is 2.70 bits per heavy atom. The Labute approximate surface area is 170 Å². The van der Waals surface area contributed by atoms with Crippen molar-refractivity contribution in [3.05, 3.63) is 21.5 Å². The van der Waals surface area contributed by atoms with Crippen LogP contribution in [0, 0.1) is 26.7 Å². The summed E-state index contributed by atoms with van der Waals surface area (Å²) in [6, 6.07) is 1.77. The van der Waals surface area contributed by atoms with Crippen LogP contribution in [0.2, 0.25) is 0 Å². The lowest BCUT2D eigenvalue weighted by atomic mass is 10.0. The molecule has 0 aromatic carbocycles. The quantitative estimate of drug-likeness (QED) is 0.673. The SMILES string of the molecule is Cc1nc(-c2cc(S(=O)(=O)NCCCN3CCC[C@@H](C)C3)c(C)s2)sc1C. The smallest absolute Gasteiger partial charge is 0.241 e. The lowest BCUT2D eigenvalue weighted by Crippen LogP contribution is -2.36. The maximum atomic E-state index is 12.7. The van der Waals surface area contributed by atoms with Crippen molar-refractivity contribution in [3.8, 4) is 9.88 Å². The molecule has 27 heavy (non-hydrogen) atoms. The van der Waals surface area contributed by atoms with Crippen LogP contribution in [0.3, 0.4) is 0 Å². The maximum absolute atomic E-state index is 12.7. The molecular formula is C19H29N3O2S3. The molecule has 2 aromatic heterocycles. The first-order chi connectivity index (χ1) is 12.8. The van der Waals surface area contributed by atoms with Gasteiger partial charge in [0.1, 0.15) is 5.01 Å². The molecule has 150 valence electrons. The fourth-order valence-corrected chi connectivity index (χ4v) is 7.12. The molecule has 1 fully saturated rings. The third-order valence-corrected chi connectivity index (χ3v) is 9.09. The molecule has 0 radical (unpaired) electrons. The highest BCUT2D eigenvalue weighted by Gasteiger charge is 2.22. The van der Waals surface area contributed by atoms with Gasteiger partial charge >= 0.3 is 0 Å². The minimum Gasteiger partial charge on any atom is -0.303 e. The summed E-state index contributed by atoms with van der Waals surface area (Å²) in [5.41, 5.74) is 1.01. The van der Waals surface area contributed by atoms with Gasteiger partial charge in [-0.05, 0) is 65.1 Å². The number of piperidine rings is 1. The second-order valence-corrected chi connectivity index (χ2v) is 11.7. The normalized spacial score (nSPS) is 18.9. The van der Waals surface area contributed by atoms with Crippen molar-refractivity contribution in [2.75, 3.05) is 26.2 Å². The van der Waals surface area contributed by atoms with Crippen molar-refractivity contribution in [1.82, 2.24) is 14.6 Å². The van der Waals surface area contributed by atoms with E-state index in [-0.39, 0.29) is 0 Å². The summed E-state index contributed by atoms with van der Waals surface area (Å²) in [4.78, 5) is 10.3. The molecule has 0 bridgehead atoms. The Bertz CT molecular complexity index is 867. The molecule has 0 aliphatic carbocycles. The number of hydrogen-bond donors (Lipinski definition) is 1. The van der Waals surface area contributed by atoms with E-state index in [4.69, 9.17) is 0 Å². The highest BCUT2D eigenvalue weighted by molar-refractivity contribution is 7.89. The van der Waals surface area contributed by atoms with Crippen molar-refractivity contribution in [3.63, 3.8) is 0 Å². The van der Waals surface area contributed by atoms with Crippen molar-refractivity contribution >= 4 is 32.7 Å². The van der Waals surface area contributed by atoms with Gasteiger partial charge in [-0.1, -0.05) is 6.92 Å². The molecule has 1 N–H and O–H groups in total. The molecule has 1 atom stereocenters. The fraction of sp³-hybridized carbons (Fsp3) is 0.632. The largest absolute Gasteiger partial charge is 0.303 e. The number of likely N-dealkylation sites (tertiary alicyclic amines) is 1. The molecule has 0 spiro atoms. The van der Waals surface area contributed by atoms with E-state index in [1.165, 1.54) is 29.1 Å². The zero-order chi connectivity index (χ0) is 19.6. The van der Waals surface area contributed by atoms with Crippen LogP contribution in [0.4, 0.5) is 0 Å². The highest BCUT2D eigenvalue weighted by atomic mass is 32.2. The Morgan fingerprint density at radius 2 is 2.04 bits per heavy atom. The van der Waals surface area contributed by atoms with Gasteiger partial charge in [-0.2, -0.15) is 0 Å². The summed E-state index contributed by atoms with van der Waals surface area (Å²) in [6.07, 6.45) is 3.40. The zero-order valence-electron chi connectivity index (χ0n) is 16.5. The minimum atomic E-state index is -3.48. The Hall–Kier alpha value is -0.800. The van der Waals surface area contributed by atoms with E-state index in [2.05, 4.69) is 21.5 Å². The average Bonchev–Trinajstić information content (AvgIpc) is 3.15. The number of thiophene rings is 1. The predicted octanol–water partition coefficient (Wildman–Crippen LogP) is 4.20. The number of aryl methyl sites for hydroxylation is 3. The number of hydrogen-bond acceptors (Lipinski definition) is 6. The molecular weight excluding hydrogens is 398 g/mol. The van der Waals surface area contributed by atoms with Crippen molar-refractivity contribution in [2.24, 2.45) is 5.92 Å². The van der Waals surface area contributed by atoms with Gasteiger partial charge in [0, 0.05) is 22.8 Å². The van der Waals surface area contributed by atoms with Gasteiger partial charge in [-0.15, -0.1) is 22.7 Å². The van der Waals surface area contributed by atoms with E-state index in [1.807, 2.05) is 20.8 Å². The number of thiazole rings is 1. The summed E-state index contributed by atoms with van der Waals surface area (Å²) in [5, 5.41) is 0.902. The predicted molar refractivity (Wildman–Crippen MR) is 114 cm³/mol. The topological polar surface area (TPSA) is 62.3 Å². The summed E-state index contributed by atoms with van der Waals surface area (Å²) >= 11 is 3.12. The van der Waals surface area contributed by atoms with Crippen LogP contribution in [0.25, 0.3) is 9.88 Å². The second-order valence-electron chi connectivity index (χ2n) is 7.49. The lowest BCUT2D eigenvalue weighted by molar-refractivity contribution is 0.182. The van der Waals surface area contributed by atoms with E-state index >= 15 is 0 Å². The van der Waals surface area contributed by atoms with E-state index in [0.29, 0.717) is 11.4 Å².